The number of aromatic nitrogens is 3. The summed E-state index contributed by atoms with van der Waals surface area (Å²) in [6.07, 6.45) is 3.24. The number of likely N-dealkylation sites (tertiary alicyclic amines) is 1. The van der Waals surface area contributed by atoms with E-state index in [2.05, 4.69) is 15.5 Å². The molecule has 0 radical (unpaired) electrons. The summed E-state index contributed by atoms with van der Waals surface area (Å²) in [5.74, 6) is 0.566. The van der Waals surface area contributed by atoms with Gasteiger partial charge in [0, 0.05) is 20.0 Å². The molecule has 7 nitrogen and oxygen atoms in total. The molecule has 19 heavy (non-hydrogen) atoms. The van der Waals surface area contributed by atoms with E-state index in [1.807, 2.05) is 11.5 Å². The number of hydrogen-bond acceptors (Lipinski definition) is 4. The van der Waals surface area contributed by atoms with Crippen LogP contribution >= 0.6 is 0 Å². The Bertz CT molecular complexity index is 470. The zero-order valence-corrected chi connectivity index (χ0v) is 11.3. The molecular weight excluding hydrogens is 246 g/mol. The zero-order valence-electron chi connectivity index (χ0n) is 11.3. The first-order chi connectivity index (χ1) is 9.13. The van der Waals surface area contributed by atoms with E-state index in [0.29, 0.717) is 13.1 Å². The van der Waals surface area contributed by atoms with E-state index in [-0.39, 0.29) is 17.9 Å². The number of nitrogens with zero attached hydrogens (tertiary/aromatic N) is 4. The molecule has 1 saturated heterocycles. The van der Waals surface area contributed by atoms with Crippen LogP contribution in [-0.4, -0.2) is 44.1 Å². The molecule has 1 aromatic rings. The highest BCUT2D eigenvalue weighted by Gasteiger charge is 2.32. The molecule has 0 bridgehead atoms. The first kappa shape index (κ1) is 13.5. The fraction of sp³-hybridized carbons (Fsp3) is 0.667. The Hall–Kier alpha value is -1.92. The number of nitrogens with one attached hydrogen (secondary N) is 1. The molecule has 7 heteroatoms. The molecule has 1 aliphatic rings. The Morgan fingerprint density at radius 1 is 1.53 bits per heavy atom. The molecule has 1 atom stereocenters. The van der Waals surface area contributed by atoms with E-state index in [1.165, 1.54) is 6.92 Å². The maximum absolute atomic E-state index is 12.1. The Kier molecular flexibility index (Phi) is 4.13. The van der Waals surface area contributed by atoms with Gasteiger partial charge in [-0.1, -0.05) is 0 Å². The van der Waals surface area contributed by atoms with Gasteiger partial charge in [-0.3, -0.25) is 9.59 Å². The lowest BCUT2D eigenvalue weighted by atomic mass is 10.2. The maximum Gasteiger partial charge on any atom is 0.243 e. The second-order valence-corrected chi connectivity index (χ2v) is 4.62. The molecule has 0 unspecified atom stereocenters. The van der Waals surface area contributed by atoms with Crippen LogP contribution in [0.25, 0.3) is 0 Å². The summed E-state index contributed by atoms with van der Waals surface area (Å²) < 4.78 is 1.87. The predicted molar refractivity (Wildman–Crippen MR) is 68.0 cm³/mol. The highest BCUT2D eigenvalue weighted by molar-refractivity contribution is 5.87. The van der Waals surface area contributed by atoms with Crippen molar-refractivity contribution in [3.63, 3.8) is 0 Å². The monoisotopic (exact) mass is 265 g/mol. The van der Waals surface area contributed by atoms with Crippen molar-refractivity contribution >= 4 is 11.8 Å². The molecule has 1 fully saturated rings. The Morgan fingerprint density at radius 3 is 3.00 bits per heavy atom. The van der Waals surface area contributed by atoms with E-state index < -0.39 is 0 Å². The minimum atomic E-state index is -0.338. The molecule has 0 aromatic carbocycles. The van der Waals surface area contributed by atoms with Gasteiger partial charge in [0.05, 0.1) is 6.54 Å². The molecule has 0 saturated carbocycles. The Balaban J connectivity index is 1.92. The van der Waals surface area contributed by atoms with Crippen LogP contribution < -0.4 is 5.32 Å². The van der Waals surface area contributed by atoms with Crippen LogP contribution in [0.3, 0.4) is 0 Å². The normalized spacial score (nSPS) is 18.6. The first-order valence-corrected chi connectivity index (χ1v) is 6.55. The molecule has 1 aliphatic heterocycles. The minimum absolute atomic E-state index is 0.0469. The Labute approximate surface area is 112 Å². The van der Waals surface area contributed by atoms with Gasteiger partial charge in [-0.05, 0) is 19.8 Å². The molecule has 0 aliphatic carbocycles. The van der Waals surface area contributed by atoms with Gasteiger partial charge in [0.15, 0.2) is 5.82 Å². The van der Waals surface area contributed by atoms with Gasteiger partial charge >= 0.3 is 0 Å². The zero-order chi connectivity index (χ0) is 13.8. The van der Waals surface area contributed by atoms with E-state index in [9.17, 15) is 9.59 Å². The van der Waals surface area contributed by atoms with Crippen molar-refractivity contribution in [1.82, 2.24) is 25.0 Å². The van der Waals surface area contributed by atoms with Crippen LogP contribution in [0.4, 0.5) is 0 Å². The van der Waals surface area contributed by atoms with Crippen molar-refractivity contribution in [3.8, 4) is 0 Å². The van der Waals surface area contributed by atoms with Crippen LogP contribution in [-0.2, 0) is 22.7 Å². The summed E-state index contributed by atoms with van der Waals surface area (Å²) >= 11 is 0. The summed E-state index contributed by atoms with van der Waals surface area (Å²) in [6, 6.07) is -0.338. The van der Waals surface area contributed by atoms with Crippen molar-refractivity contribution in [1.29, 1.82) is 0 Å². The second kappa shape index (κ2) is 5.81. The lowest BCUT2D eigenvalue weighted by Crippen LogP contribution is -2.45. The topological polar surface area (TPSA) is 80.1 Å². The predicted octanol–water partition coefficient (Wildman–Crippen LogP) is -0.0749. The van der Waals surface area contributed by atoms with Gasteiger partial charge in [-0.25, -0.2) is 0 Å². The third kappa shape index (κ3) is 2.91. The van der Waals surface area contributed by atoms with Gasteiger partial charge in [0.2, 0.25) is 11.8 Å². The highest BCUT2D eigenvalue weighted by atomic mass is 16.2. The van der Waals surface area contributed by atoms with Crippen LogP contribution in [0.15, 0.2) is 6.33 Å². The second-order valence-electron chi connectivity index (χ2n) is 4.62. The van der Waals surface area contributed by atoms with Crippen LogP contribution in [0.5, 0.6) is 0 Å². The fourth-order valence-electron chi connectivity index (χ4n) is 2.38. The lowest BCUT2D eigenvalue weighted by Gasteiger charge is -2.22. The van der Waals surface area contributed by atoms with Crippen molar-refractivity contribution < 1.29 is 9.59 Å². The van der Waals surface area contributed by atoms with E-state index in [0.717, 1.165) is 25.2 Å². The molecule has 2 rings (SSSR count). The number of carbonyl (C=O) groups is 2. The van der Waals surface area contributed by atoms with Crippen molar-refractivity contribution in [2.24, 2.45) is 0 Å². The average molecular weight is 265 g/mol. The van der Waals surface area contributed by atoms with Gasteiger partial charge in [-0.15, -0.1) is 10.2 Å². The number of aryl methyl sites for hydroxylation is 1. The number of hydrogen-bond donors (Lipinski definition) is 1. The summed E-state index contributed by atoms with van der Waals surface area (Å²) in [7, 11) is 0. The maximum atomic E-state index is 12.1. The first-order valence-electron chi connectivity index (χ1n) is 6.55. The molecular formula is C12H19N5O2. The summed E-state index contributed by atoms with van der Waals surface area (Å²) in [5.41, 5.74) is 0. The molecule has 0 spiro atoms. The standard InChI is InChI=1S/C12H19N5O2/c1-3-16-8-14-15-11(16)7-13-12(19)10-5-4-6-17(10)9(2)18/h8,10H,3-7H2,1-2H3,(H,13,19)/t10-/m0/s1. The van der Waals surface area contributed by atoms with Gasteiger partial charge in [0.25, 0.3) is 0 Å². The lowest BCUT2D eigenvalue weighted by molar-refractivity contribution is -0.136. The fourth-order valence-corrected chi connectivity index (χ4v) is 2.38. The SMILES string of the molecule is CCn1cnnc1CNC(=O)[C@@H]1CCCN1C(C)=O. The minimum Gasteiger partial charge on any atom is -0.347 e. The highest BCUT2D eigenvalue weighted by Crippen LogP contribution is 2.17. The Morgan fingerprint density at radius 2 is 2.32 bits per heavy atom. The number of carbonyl (C=O) groups excluding carboxylic acids is 2. The largest absolute Gasteiger partial charge is 0.347 e. The number of amides is 2. The van der Waals surface area contributed by atoms with E-state index in [1.54, 1.807) is 11.2 Å². The van der Waals surface area contributed by atoms with Crippen molar-refractivity contribution in [2.45, 2.75) is 45.8 Å². The van der Waals surface area contributed by atoms with Crippen molar-refractivity contribution in [2.75, 3.05) is 6.54 Å². The van der Waals surface area contributed by atoms with Crippen LogP contribution in [0.1, 0.15) is 32.5 Å². The third-order valence-electron chi connectivity index (χ3n) is 3.42. The average Bonchev–Trinajstić information content (AvgIpc) is 3.04. The van der Waals surface area contributed by atoms with Gasteiger partial charge in [-0.2, -0.15) is 0 Å². The van der Waals surface area contributed by atoms with E-state index >= 15 is 0 Å². The van der Waals surface area contributed by atoms with E-state index in [4.69, 9.17) is 0 Å². The van der Waals surface area contributed by atoms with Gasteiger partial charge < -0.3 is 14.8 Å². The number of rotatable bonds is 4. The molecule has 1 N–H and O–H groups in total. The van der Waals surface area contributed by atoms with Crippen LogP contribution in [0, 0.1) is 0 Å². The molecule has 104 valence electrons. The van der Waals surface area contributed by atoms with Crippen LogP contribution in [0.2, 0.25) is 0 Å². The van der Waals surface area contributed by atoms with Gasteiger partial charge in [0.1, 0.15) is 12.4 Å². The summed E-state index contributed by atoms with van der Waals surface area (Å²) in [6.45, 7) is 5.26. The molecule has 2 amide bonds. The quantitative estimate of drug-likeness (QED) is 0.826. The molecule has 1 aromatic heterocycles. The summed E-state index contributed by atoms with van der Waals surface area (Å²) in [4.78, 5) is 25.1. The van der Waals surface area contributed by atoms with Crippen molar-refractivity contribution in [3.05, 3.63) is 12.2 Å². The third-order valence-corrected chi connectivity index (χ3v) is 3.42. The molecule has 2 heterocycles. The smallest absolute Gasteiger partial charge is 0.243 e. The summed E-state index contributed by atoms with van der Waals surface area (Å²) in [5, 5.41) is 10.6.